The molecule has 5 nitrogen and oxygen atoms in total. The first-order chi connectivity index (χ1) is 11.1. The number of aromatic amines is 1. The number of para-hydroxylation sites is 1. The molecule has 3 rings (SSSR count). The van der Waals surface area contributed by atoms with Gasteiger partial charge in [0.25, 0.3) is 0 Å². The van der Waals surface area contributed by atoms with Gasteiger partial charge < -0.3 is 15.0 Å². The first kappa shape index (κ1) is 15.6. The molecule has 0 aliphatic carbocycles. The second kappa shape index (κ2) is 6.44. The van der Waals surface area contributed by atoms with Gasteiger partial charge in [-0.1, -0.05) is 30.3 Å². The van der Waals surface area contributed by atoms with Crippen LogP contribution >= 0.6 is 0 Å². The Balaban J connectivity index is 2.05. The fourth-order valence-electron chi connectivity index (χ4n) is 2.43. The van der Waals surface area contributed by atoms with Crippen LogP contribution in [-0.4, -0.2) is 33.6 Å². The Morgan fingerprint density at radius 3 is 2.61 bits per heavy atom. The molecule has 0 aliphatic heterocycles. The van der Waals surface area contributed by atoms with E-state index in [1.165, 1.54) is 6.20 Å². The Bertz CT molecular complexity index is 902. The van der Waals surface area contributed by atoms with E-state index < -0.39 is 9.84 Å². The van der Waals surface area contributed by atoms with Crippen LogP contribution in [0, 0.1) is 0 Å². The van der Waals surface area contributed by atoms with Gasteiger partial charge in [0.1, 0.15) is 12.4 Å². The summed E-state index contributed by atoms with van der Waals surface area (Å²) in [4.78, 5) is 3.58. The number of rotatable bonds is 6. The van der Waals surface area contributed by atoms with Gasteiger partial charge in [0.05, 0.1) is 15.3 Å². The summed E-state index contributed by atoms with van der Waals surface area (Å²) >= 11 is 0. The van der Waals surface area contributed by atoms with E-state index in [1.807, 2.05) is 13.1 Å². The second-order valence-electron chi connectivity index (χ2n) is 5.10. The molecule has 0 spiro atoms. The van der Waals surface area contributed by atoms with Gasteiger partial charge in [-0.3, -0.25) is 0 Å². The molecule has 0 radical (unpaired) electrons. The minimum Gasteiger partial charge on any atom is -0.490 e. The molecule has 0 unspecified atom stereocenters. The normalized spacial score (nSPS) is 11.7. The van der Waals surface area contributed by atoms with Gasteiger partial charge in [0.15, 0.2) is 0 Å². The molecule has 0 amide bonds. The summed E-state index contributed by atoms with van der Waals surface area (Å²) in [6.45, 7) is 1.22. The third kappa shape index (κ3) is 2.95. The number of fused-ring (bicyclic) bond motifs is 1. The number of benzene rings is 2. The highest BCUT2D eigenvalue weighted by atomic mass is 32.2. The summed E-state index contributed by atoms with van der Waals surface area (Å²) in [7, 11) is -1.71. The second-order valence-corrected chi connectivity index (χ2v) is 7.02. The van der Waals surface area contributed by atoms with Crippen molar-refractivity contribution in [3.63, 3.8) is 0 Å². The van der Waals surface area contributed by atoms with Gasteiger partial charge in [0.2, 0.25) is 9.84 Å². The average molecular weight is 330 g/mol. The molecule has 2 N–H and O–H groups in total. The van der Waals surface area contributed by atoms with Gasteiger partial charge in [-0.2, -0.15) is 0 Å². The number of ether oxygens (including phenoxy) is 1. The summed E-state index contributed by atoms with van der Waals surface area (Å²) in [5.41, 5.74) is 0.693. The molecule has 3 aromatic rings. The molecule has 2 aromatic carbocycles. The average Bonchev–Trinajstić information content (AvgIpc) is 3.01. The largest absolute Gasteiger partial charge is 0.490 e. The van der Waals surface area contributed by atoms with Crippen molar-refractivity contribution in [2.75, 3.05) is 20.2 Å². The molecule has 1 aromatic heterocycles. The van der Waals surface area contributed by atoms with E-state index in [-0.39, 0.29) is 9.79 Å². The fraction of sp³-hybridized carbons (Fsp3) is 0.176. The van der Waals surface area contributed by atoms with Crippen LogP contribution < -0.4 is 10.1 Å². The first-order valence-corrected chi connectivity index (χ1v) is 8.80. The van der Waals surface area contributed by atoms with Crippen molar-refractivity contribution in [3.8, 4) is 5.75 Å². The minimum absolute atomic E-state index is 0.262. The number of aromatic nitrogens is 1. The summed E-state index contributed by atoms with van der Waals surface area (Å²) in [5, 5.41) is 3.64. The van der Waals surface area contributed by atoms with E-state index in [0.717, 1.165) is 0 Å². The van der Waals surface area contributed by atoms with Crippen molar-refractivity contribution in [1.82, 2.24) is 10.3 Å². The van der Waals surface area contributed by atoms with Crippen LogP contribution in [0.15, 0.2) is 64.5 Å². The Kier molecular flexibility index (Phi) is 4.36. The lowest BCUT2D eigenvalue weighted by Gasteiger charge is -2.07. The maximum Gasteiger partial charge on any atom is 0.208 e. The predicted molar refractivity (Wildman–Crippen MR) is 89.6 cm³/mol. The summed E-state index contributed by atoms with van der Waals surface area (Å²) in [6, 6.07) is 13.8. The van der Waals surface area contributed by atoms with E-state index in [9.17, 15) is 8.42 Å². The van der Waals surface area contributed by atoms with E-state index in [0.29, 0.717) is 29.8 Å². The molecule has 0 saturated heterocycles. The van der Waals surface area contributed by atoms with Crippen molar-refractivity contribution in [2.24, 2.45) is 0 Å². The lowest BCUT2D eigenvalue weighted by atomic mass is 10.2. The van der Waals surface area contributed by atoms with Crippen LogP contribution in [-0.2, 0) is 9.84 Å². The summed E-state index contributed by atoms with van der Waals surface area (Å²) in [6.07, 6.45) is 1.53. The zero-order valence-electron chi connectivity index (χ0n) is 12.7. The summed E-state index contributed by atoms with van der Waals surface area (Å²) in [5.74, 6) is 0.646. The molecule has 1 heterocycles. The fourth-order valence-corrected chi connectivity index (χ4v) is 3.88. The molecule has 120 valence electrons. The van der Waals surface area contributed by atoms with Gasteiger partial charge >= 0.3 is 0 Å². The number of H-pyrrole nitrogens is 1. The van der Waals surface area contributed by atoms with Gasteiger partial charge in [0, 0.05) is 18.1 Å². The quantitative estimate of drug-likeness (QED) is 0.682. The molecule has 23 heavy (non-hydrogen) atoms. The maximum absolute atomic E-state index is 12.8. The number of hydrogen-bond acceptors (Lipinski definition) is 4. The molecule has 0 bridgehead atoms. The Morgan fingerprint density at radius 1 is 1.09 bits per heavy atom. The van der Waals surface area contributed by atoms with Gasteiger partial charge in [-0.15, -0.1) is 0 Å². The van der Waals surface area contributed by atoms with Crippen LogP contribution in [0.1, 0.15) is 0 Å². The van der Waals surface area contributed by atoms with Crippen molar-refractivity contribution in [1.29, 1.82) is 0 Å². The van der Waals surface area contributed by atoms with Gasteiger partial charge in [-0.05, 0) is 25.2 Å². The third-order valence-electron chi connectivity index (χ3n) is 3.59. The number of likely N-dealkylation sites (N-methyl/N-ethyl adjacent to an activating group) is 1. The summed E-state index contributed by atoms with van der Waals surface area (Å²) < 4.78 is 31.3. The SMILES string of the molecule is CNCCOc1cccc2c(S(=O)(=O)c3ccccc3)c[nH]c12. The Morgan fingerprint density at radius 2 is 1.87 bits per heavy atom. The Hall–Kier alpha value is -2.31. The topological polar surface area (TPSA) is 71.2 Å². The van der Waals surface area contributed by atoms with Crippen molar-refractivity contribution in [2.45, 2.75) is 9.79 Å². The monoisotopic (exact) mass is 330 g/mol. The number of nitrogens with one attached hydrogen (secondary N) is 2. The lowest BCUT2D eigenvalue weighted by molar-refractivity contribution is 0.321. The van der Waals surface area contributed by atoms with Crippen LogP contribution in [0.4, 0.5) is 0 Å². The van der Waals surface area contributed by atoms with Gasteiger partial charge in [-0.25, -0.2) is 8.42 Å². The minimum atomic E-state index is -3.56. The van der Waals surface area contributed by atoms with Crippen molar-refractivity contribution in [3.05, 3.63) is 54.7 Å². The smallest absolute Gasteiger partial charge is 0.208 e. The third-order valence-corrected chi connectivity index (χ3v) is 5.40. The zero-order valence-corrected chi connectivity index (χ0v) is 13.6. The molecule has 0 fully saturated rings. The van der Waals surface area contributed by atoms with E-state index in [1.54, 1.807) is 42.5 Å². The molecule has 0 aliphatic rings. The van der Waals surface area contributed by atoms with E-state index in [2.05, 4.69) is 10.3 Å². The van der Waals surface area contributed by atoms with Crippen LogP contribution in [0.3, 0.4) is 0 Å². The highest BCUT2D eigenvalue weighted by Crippen LogP contribution is 2.32. The van der Waals surface area contributed by atoms with Crippen LogP contribution in [0.5, 0.6) is 5.75 Å². The molecule has 0 saturated carbocycles. The zero-order chi connectivity index (χ0) is 16.3. The molecule has 0 atom stereocenters. The Labute approximate surface area is 135 Å². The van der Waals surface area contributed by atoms with E-state index in [4.69, 9.17) is 4.74 Å². The molecular weight excluding hydrogens is 312 g/mol. The highest BCUT2D eigenvalue weighted by Gasteiger charge is 2.22. The van der Waals surface area contributed by atoms with Crippen molar-refractivity contribution >= 4 is 20.7 Å². The van der Waals surface area contributed by atoms with Crippen LogP contribution in [0.25, 0.3) is 10.9 Å². The van der Waals surface area contributed by atoms with Crippen LogP contribution in [0.2, 0.25) is 0 Å². The first-order valence-electron chi connectivity index (χ1n) is 7.32. The number of hydrogen-bond donors (Lipinski definition) is 2. The van der Waals surface area contributed by atoms with E-state index >= 15 is 0 Å². The molecule has 6 heteroatoms. The standard InChI is InChI=1S/C17H18N2O3S/c1-18-10-11-22-15-9-5-8-14-16(12-19-17(14)15)23(20,21)13-6-3-2-4-7-13/h2-9,12,18-19H,10-11H2,1H3. The molecular formula is C17H18N2O3S. The predicted octanol–water partition coefficient (Wildman–Crippen LogP) is 2.60. The highest BCUT2D eigenvalue weighted by molar-refractivity contribution is 7.91. The number of sulfone groups is 1. The maximum atomic E-state index is 12.8. The van der Waals surface area contributed by atoms with Crippen molar-refractivity contribution < 1.29 is 13.2 Å². The lowest BCUT2D eigenvalue weighted by Crippen LogP contribution is -2.16.